The standard InChI is InChI=1S/C14H11N3O6/c1-23-13-4-2-3-10(7-13)15-14(18)9-5-11(16(19)20)8-12(6-9)17(21)22/h2-8H,1H3,(H,15,18). The van der Waals surface area contributed by atoms with Crippen LogP contribution in [0.3, 0.4) is 0 Å². The van der Waals surface area contributed by atoms with Crippen LogP contribution in [0.4, 0.5) is 17.1 Å². The zero-order chi connectivity index (χ0) is 17.0. The molecule has 2 aromatic rings. The van der Waals surface area contributed by atoms with Crippen LogP contribution in [0.15, 0.2) is 42.5 Å². The fourth-order valence-corrected chi connectivity index (χ4v) is 1.84. The molecular formula is C14H11N3O6. The minimum atomic E-state index is -0.796. The van der Waals surface area contributed by atoms with Gasteiger partial charge in [-0.2, -0.15) is 0 Å². The molecule has 0 atom stereocenters. The third-order valence-electron chi connectivity index (χ3n) is 2.91. The van der Waals surface area contributed by atoms with Gasteiger partial charge in [0.2, 0.25) is 0 Å². The maximum absolute atomic E-state index is 12.2. The summed E-state index contributed by atoms with van der Waals surface area (Å²) in [6, 6.07) is 9.20. The quantitative estimate of drug-likeness (QED) is 0.667. The van der Waals surface area contributed by atoms with Crippen molar-refractivity contribution in [3.63, 3.8) is 0 Å². The molecule has 0 aliphatic carbocycles. The van der Waals surface area contributed by atoms with Crippen molar-refractivity contribution in [2.75, 3.05) is 12.4 Å². The van der Waals surface area contributed by atoms with E-state index in [9.17, 15) is 25.0 Å². The highest BCUT2D eigenvalue weighted by Crippen LogP contribution is 2.24. The number of non-ortho nitro benzene ring substituents is 2. The van der Waals surface area contributed by atoms with Gasteiger partial charge in [0.15, 0.2) is 0 Å². The van der Waals surface area contributed by atoms with E-state index in [-0.39, 0.29) is 5.56 Å². The maximum atomic E-state index is 12.2. The van der Waals surface area contributed by atoms with Crippen LogP contribution in [0.5, 0.6) is 5.75 Å². The number of nitro groups is 2. The minimum absolute atomic E-state index is 0.186. The monoisotopic (exact) mass is 317 g/mol. The summed E-state index contributed by atoms with van der Waals surface area (Å²) >= 11 is 0. The molecule has 9 heteroatoms. The van der Waals surface area contributed by atoms with Gasteiger partial charge in [0.25, 0.3) is 17.3 Å². The van der Waals surface area contributed by atoms with E-state index in [1.165, 1.54) is 7.11 Å². The van der Waals surface area contributed by atoms with Crippen molar-refractivity contribution in [2.24, 2.45) is 0 Å². The van der Waals surface area contributed by atoms with Gasteiger partial charge in [0, 0.05) is 23.9 Å². The summed E-state index contributed by atoms with van der Waals surface area (Å²) in [5, 5.41) is 24.2. The first-order valence-corrected chi connectivity index (χ1v) is 6.30. The topological polar surface area (TPSA) is 125 Å². The lowest BCUT2D eigenvalue weighted by molar-refractivity contribution is -0.394. The van der Waals surface area contributed by atoms with Crippen LogP contribution in [0, 0.1) is 20.2 Å². The van der Waals surface area contributed by atoms with Crippen molar-refractivity contribution in [1.29, 1.82) is 0 Å². The Morgan fingerprint density at radius 3 is 2.17 bits per heavy atom. The van der Waals surface area contributed by atoms with Crippen molar-refractivity contribution in [3.05, 3.63) is 68.3 Å². The Morgan fingerprint density at radius 2 is 1.65 bits per heavy atom. The number of rotatable bonds is 5. The van der Waals surface area contributed by atoms with Crippen LogP contribution in [-0.2, 0) is 0 Å². The number of hydrogen-bond acceptors (Lipinski definition) is 6. The second-order valence-electron chi connectivity index (χ2n) is 4.44. The molecule has 0 heterocycles. The van der Waals surface area contributed by atoms with E-state index in [0.29, 0.717) is 11.4 Å². The molecule has 0 aromatic heterocycles. The van der Waals surface area contributed by atoms with E-state index in [0.717, 1.165) is 18.2 Å². The van der Waals surface area contributed by atoms with Gasteiger partial charge in [0.05, 0.1) is 28.6 Å². The zero-order valence-electron chi connectivity index (χ0n) is 11.9. The van der Waals surface area contributed by atoms with E-state index >= 15 is 0 Å². The molecule has 0 bridgehead atoms. The van der Waals surface area contributed by atoms with Crippen LogP contribution < -0.4 is 10.1 Å². The lowest BCUT2D eigenvalue weighted by atomic mass is 10.1. The van der Waals surface area contributed by atoms with Crippen LogP contribution in [0.1, 0.15) is 10.4 Å². The van der Waals surface area contributed by atoms with Gasteiger partial charge in [-0.15, -0.1) is 0 Å². The number of nitrogens with zero attached hydrogens (tertiary/aromatic N) is 2. The largest absolute Gasteiger partial charge is 0.497 e. The Balaban J connectivity index is 2.34. The van der Waals surface area contributed by atoms with E-state index < -0.39 is 27.1 Å². The predicted octanol–water partition coefficient (Wildman–Crippen LogP) is 2.76. The maximum Gasteiger partial charge on any atom is 0.277 e. The van der Waals surface area contributed by atoms with Crippen LogP contribution >= 0.6 is 0 Å². The SMILES string of the molecule is COc1cccc(NC(=O)c2cc([N+](=O)[O-])cc([N+](=O)[O-])c2)c1. The summed E-state index contributed by atoms with van der Waals surface area (Å²) in [5.74, 6) is -0.196. The molecule has 0 aliphatic heterocycles. The number of anilines is 1. The summed E-state index contributed by atoms with van der Waals surface area (Å²) in [5.41, 5.74) is -0.859. The molecule has 9 nitrogen and oxygen atoms in total. The number of hydrogen-bond donors (Lipinski definition) is 1. The second-order valence-corrected chi connectivity index (χ2v) is 4.44. The van der Waals surface area contributed by atoms with Gasteiger partial charge in [-0.05, 0) is 12.1 Å². The fraction of sp³-hybridized carbons (Fsp3) is 0.0714. The van der Waals surface area contributed by atoms with E-state index in [1.807, 2.05) is 0 Å². The summed E-state index contributed by atoms with van der Waals surface area (Å²) in [7, 11) is 1.46. The van der Waals surface area contributed by atoms with Crippen molar-refractivity contribution in [1.82, 2.24) is 0 Å². The number of carbonyl (C=O) groups is 1. The van der Waals surface area contributed by atoms with Gasteiger partial charge in [-0.25, -0.2) is 0 Å². The van der Waals surface area contributed by atoms with Crippen molar-refractivity contribution >= 4 is 23.0 Å². The Hall–Kier alpha value is -3.49. The molecule has 0 unspecified atom stereocenters. The summed E-state index contributed by atoms with van der Waals surface area (Å²) in [6.45, 7) is 0. The Bertz CT molecular complexity index is 758. The van der Waals surface area contributed by atoms with E-state index in [2.05, 4.69) is 5.32 Å². The highest BCUT2D eigenvalue weighted by atomic mass is 16.6. The van der Waals surface area contributed by atoms with Crippen molar-refractivity contribution < 1.29 is 19.4 Å². The van der Waals surface area contributed by atoms with Gasteiger partial charge in [0.1, 0.15) is 5.75 Å². The number of nitro benzene ring substituents is 2. The third kappa shape index (κ3) is 3.79. The Kier molecular flexibility index (Phi) is 4.50. The van der Waals surface area contributed by atoms with Crippen molar-refractivity contribution in [2.45, 2.75) is 0 Å². The molecule has 118 valence electrons. The van der Waals surface area contributed by atoms with Crippen molar-refractivity contribution in [3.8, 4) is 5.75 Å². The zero-order valence-corrected chi connectivity index (χ0v) is 11.9. The highest BCUT2D eigenvalue weighted by molar-refractivity contribution is 6.05. The average Bonchev–Trinajstić information content (AvgIpc) is 2.54. The first kappa shape index (κ1) is 15.9. The summed E-state index contributed by atoms with van der Waals surface area (Å²) in [4.78, 5) is 32.2. The van der Waals surface area contributed by atoms with Gasteiger partial charge in [-0.3, -0.25) is 25.0 Å². The number of carbonyl (C=O) groups excluding carboxylic acids is 1. The van der Waals surface area contributed by atoms with E-state index in [4.69, 9.17) is 4.74 Å². The fourth-order valence-electron chi connectivity index (χ4n) is 1.84. The highest BCUT2D eigenvalue weighted by Gasteiger charge is 2.20. The molecule has 2 aromatic carbocycles. The van der Waals surface area contributed by atoms with Gasteiger partial charge in [-0.1, -0.05) is 6.07 Å². The number of benzene rings is 2. The Morgan fingerprint density at radius 1 is 1.04 bits per heavy atom. The lowest BCUT2D eigenvalue weighted by Crippen LogP contribution is -2.12. The second kappa shape index (κ2) is 6.52. The third-order valence-corrected chi connectivity index (χ3v) is 2.91. The molecule has 0 saturated carbocycles. The molecule has 0 aliphatic rings. The molecular weight excluding hydrogens is 306 g/mol. The lowest BCUT2D eigenvalue weighted by Gasteiger charge is -2.07. The molecule has 0 radical (unpaired) electrons. The summed E-state index contributed by atoms with van der Waals surface area (Å²) in [6.07, 6.45) is 0. The molecule has 2 rings (SSSR count). The molecule has 0 saturated heterocycles. The number of ether oxygens (including phenoxy) is 1. The first-order chi connectivity index (χ1) is 10.9. The van der Waals surface area contributed by atoms with Crippen LogP contribution in [0.2, 0.25) is 0 Å². The molecule has 23 heavy (non-hydrogen) atoms. The Labute approximate surface area is 129 Å². The smallest absolute Gasteiger partial charge is 0.277 e. The number of nitrogens with one attached hydrogen (secondary N) is 1. The van der Waals surface area contributed by atoms with Gasteiger partial charge < -0.3 is 10.1 Å². The normalized spacial score (nSPS) is 9.96. The van der Waals surface area contributed by atoms with E-state index in [1.54, 1.807) is 24.3 Å². The molecule has 1 amide bonds. The van der Waals surface area contributed by atoms with Gasteiger partial charge >= 0.3 is 0 Å². The number of methoxy groups -OCH3 is 1. The van der Waals surface area contributed by atoms with Crippen LogP contribution in [0.25, 0.3) is 0 Å². The molecule has 0 fully saturated rings. The predicted molar refractivity (Wildman–Crippen MR) is 80.7 cm³/mol. The summed E-state index contributed by atoms with van der Waals surface area (Å²) < 4.78 is 5.01. The average molecular weight is 317 g/mol. The number of amides is 1. The molecule has 1 N–H and O–H groups in total. The first-order valence-electron chi connectivity index (χ1n) is 6.30. The van der Waals surface area contributed by atoms with Crippen LogP contribution in [-0.4, -0.2) is 22.9 Å². The minimum Gasteiger partial charge on any atom is -0.497 e. The molecule has 0 spiro atoms.